The Bertz CT molecular complexity index is 1430. The third-order valence-electron chi connectivity index (χ3n) is 5.49. The summed E-state index contributed by atoms with van der Waals surface area (Å²) in [6.07, 6.45) is 2.65. The maximum absolute atomic E-state index is 10.1. The van der Waals surface area contributed by atoms with Crippen LogP contribution in [0.15, 0.2) is 85.1 Å². The fraction of sp³-hybridized carbons (Fsp3) is 0.0769. The average Bonchev–Trinajstić information content (AvgIpc) is 3.14. The van der Waals surface area contributed by atoms with Crippen LogP contribution in [-0.4, -0.2) is 15.9 Å². The molecule has 0 saturated carbocycles. The van der Waals surface area contributed by atoms with Crippen molar-refractivity contribution in [2.45, 2.75) is 6.42 Å². The van der Waals surface area contributed by atoms with Crippen LogP contribution in [0.2, 0.25) is 5.15 Å². The highest BCUT2D eigenvalue weighted by Crippen LogP contribution is 2.40. The van der Waals surface area contributed by atoms with Crippen LogP contribution >= 0.6 is 11.6 Å². The van der Waals surface area contributed by atoms with Crippen LogP contribution in [0.4, 0.5) is 5.82 Å². The Morgan fingerprint density at radius 3 is 2.58 bits per heavy atom. The van der Waals surface area contributed by atoms with Gasteiger partial charge in [0.15, 0.2) is 0 Å². The number of fused-ring (bicyclic) bond motifs is 2. The van der Waals surface area contributed by atoms with Gasteiger partial charge in [0.1, 0.15) is 17.0 Å². The van der Waals surface area contributed by atoms with Gasteiger partial charge in [-0.2, -0.15) is 5.26 Å². The van der Waals surface area contributed by atoms with E-state index in [9.17, 15) is 5.26 Å². The Morgan fingerprint density at radius 2 is 1.74 bits per heavy atom. The van der Waals surface area contributed by atoms with E-state index >= 15 is 0 Å². The number of benzene rings is 2. The number of nitriles is 1. The molecule has 0 aliphatic carbocycles. The number of pyridine rings is 2. The maximum Gasteiger partial charge on any atom is 0.121 e. The number of hydrogen-bond donors (Lipinski definition) is 1. The Labute approximate surface area is 185 Å². The van der Waals surface area contributed by atoms with E-state index in [2.05, 4.69) is 28.5 Å². The highest BCUT2D eigenvalue weighted by Gasteiger charge is 2.22. The Hall–Kier alpha value is -3.81. The second-order valence-corrected chi connectivity index (χ2v) is 7.70. The molecule has 5 rings (SSSR count). The third kappa shape index (κ3) is 3.39. The summed E-state index contributed by atoms with van der Waals surface area (Å²) in [7, 11) is 0. The molecule has 31 heavy (non-hydrogen) atoms. The van der Waals surface area contributed by atoms with Crippen LogP contribution in [-0.2, 0) is 6.42 Å². The van der Waals surface area contributed by atoms with Crippen LogP contribution in [0.25, 0.3) is 27.5 Å². The summed E-state index contributed by atoms with van der Waals surface area (Å²) in [4.78, 5) is 4.49. The molecule has 0 saturated heterocycles. The van der Waals surface area contributed by atoms with Crippen molar-refractivity contribution in [3.8, 4) is 17.2 Å². The molecule has 4 nitrogen and oxygen atoms in total. The second-order valence-electron chi connectivity index (χ2n) is 7.32. The smallest absolute Gasteiger partial charge is 0.121 e. The standard InChI is InChI=1S/C26H19ClN4/c27-24-12-6-11-23-21(17-28)25(20-14-16-29-22-10-5-4-9-19(20)22)26(31(23)24)30-15-13-18-7-2-1-3-8-18/h1-12,14,16,30H,13,15H2. The lowest BCUT2D eigenvalue weighted by Crippen LogP contribution is -2.08. The van der Waals surface area contributed by atoms with E-state index in [-0.39, 0.29) is 0 Å². The largest absolute Gasteiger partial charge is 0.370 e. The SMILES string of the molecule is N#Cc1c(-c2ccnc3ccccc23)c(NCCc2ccccc2)n2c(Cl)cccc12. The molecule has 0 aliphatic heterocycles. The van der Waals surface area contributed by atoms with E-state index in [4.69, 9.17) is 11.6 Å². The zero-order valence-corrected chi connectivity index (χ0v) is 17.5. The highest BCUT2D eigenvalue weighted by molar-refractivity contribution is 6.30. The van der Waals surface area contributed by atoms with Crippen LogP contribution in [0.5, 0.6) is 0 Å². The summed E-state index contributed by atoms with van der Waals surface area (Å²) < 4.78 is 1.93. The van der Waals surface area contributed by atoms with Gasteiger partial charge in [0.2, 0.25) is 0 Å². The fourth-order valence-corrected chi connectivity index (χ4v) is 4.34. The molecular formula is C26H19ClN4. The van der Waals surface area contributed by atoms with Gasteiger partial charge < -0.3 is 5.32 Å². The highest BCUT2D eigenvalue weighted by atomic mass is 35.5. The van der Waals surface area contributed by atoms with Crippen molar-refractivity contribution >= 4 is 33.8 Å². The second kappa shape index (κ2) is 8.14. The molecule has 3 heterocycles. The lowest BCUT2D eigenvalue weighted by Gasteiger charge is -2.13. The van der Waals surface area contributed by atoms with E-state index in [1.807, 2.05) is 71.1 Å². The molecule has 0 spiro atoms. The molecule has 0 bridgehead atoms. The van der Waals surface area contributed by atoms with Gasteiger partial charge in [-0.1, -0.05) is 66.2 Å². The first-order chi connectivity index (χ1) is 15.3. The zero-order valence-electron chi connectivity index (χ0n) is 16.7. The number of nitrogens with one attached hydrogen (secondary N) is 1. The molecule has 0 amide bonds. The fourth-order valence-electron chi connectivity index (χ4n) is 4.09. The quantitative estimate of drug-likeness (QED) is 0.336. The van der Waals surface area contributed by atoms with Crippen molar-refractivity contribution in [3.63, 3.8) is 0 Å². The Balaban J connectivity index is 1.70. The van der Waals surface area contributed by atoms with Crippen LogP contribution in [0.1, 0.15) is 11.1 Å². The lowest BCUT2D eigenvalue weighted by molar-refractivity contribution is 0.999. The van der Waals surface area contributed by atoms with E-state index in [1.165, 1.54) is 5.56 Å². The molecule has 0 fully saturated rings. The van der Waals surface area contributed by atoms with Gasteiger partial charge in [-0.25, -0.2) is 0 Å². The molecule has 150 valence electrons. The maximum atomic E-state index is 10.1. The number of halogens is 1. The molecule has 5 heteroatoms. The lowest BCUT2D eigenvalue weighted by atomic mass is 9.99. The number of hydrogen-bond acceptors (Lipinski definition) is 3. The zero-order chi connectivity index (χ0) is 21.2. The number of para-hydroxylation sites is 1. The number of aromatic nitrogens is 2. The molecule has 0 unspecified atom stereocenters. The van der Waals surface area contributed by atoms with E-state index in [0.717, 1.165) is 39.8 Å². The van der Waals surface area contributed by atoms with Gasteiger partial charge in [0, 0.05) is 23.7 Å². The van der Waals surface area contributed by atoms with Crippen molar-refractivity contribution in [2.24, 2.45) is 0 Å². The van der Waals surface area contributed by atoms with Crippen LogP contribution in [0, 0.1) is 11.3 Å². The summed E-state index contributed by atoms with van der Waals surface area (Å²) in [6.45, 7) is 0.711. The van der Waals surface area contributed by atoms with E-state index in [1.54, 1.807) is 6.20 Å². The summed E-state index contributed by atoms with van der Waals surface area (Å²) in [5, 5.41) is 15.2. The topological polar surface area (TPSA) is 53.1 Å². The van der Waals surface area contributed by atoms with Crippen molar-refractivity contribution in [3.05, 3.63) is 101 Å². The average molecular weight is 423 g/mol. The molecular weight excluding hydrogens is 404 g/mol. The Kier molecular flexibility index (Phi) is 5.03. The minimum Gasteiger partial charge on any atom is -0.370 e. The predicted octanol–water partition coefficient (Wildman–Crippen LogP) is 6.33. The third-order valence-corrected chi connectivity index (χ3v) is 5.78. The summed E-state index contributed by atoms with van der Waals surface area (Å²) in [6, 6.07) is 28.3. The minimum atomic E-state index is 0.556. The van der Waals surface area contributed by atoms with E-state index < -0.39 is 0 Å². The molecule has 2 aromatic carbocycles. The molecule has 0 radical (unpaired) electrons. The molecule has 0 aliphatic rings. The normalized spacial score (nSPS) is 11.0. The molecule has 3 aromatic heterocycles. The van der Waals surface area contributed by atoms with Crippen molar-refractivity contribution < 1.29 is 0 Å². The van der Waals surface area contributed by atoms with Gasteiger partial charge in [-0.05, 0) is 41.8 Å². The first-order valence-corrected chi connectivity index (χ1v) is 10.5. The van der Waals surface area contributed by atoms with Gasteiger partial charge in [0.25, 0.3) is 0 Å². The molecule has 1 N–H and O–H groups in total. The van der Waals surface area contributed by atoms with Crippen molar-refractivity contribution in [1.82, 2.24) is 9.38 Å². The van der Waals surface area contributed by atoms with Crippen LogP contribution < -0.4 is 5.32 Å². The van der Waals surface area contributed by atoms with Gasteiger partial charge in [0.05, 0.1) is 16.6 Å². The van der Waals surface area contributed by atoms with Gasteiger partial charge in [-0.3, -0.25) is 9.38 Å². The van der Waals surface area contributed by atoms with Gasteiger partial charge >= 0.3 is 0 Å². The van der Waals surface area contributed by atoms with Gasteiger partial charge in [-0.15, -0.1) is 0 Å². The Morgan fingerprint density at radius 1 is 0.935 bits per heavy atom. The molecule has 0 atom stereocenters. The minimum absolute atomic E-state index is 0.556. The summed E-state index contributed by atoms with van der Waals surface area (Å²) >= 11 is 6.61. The monoisotopic (exact) mass is 422 g/mol. The summed E-state index contributed by atoms with van der Waals surface area (Å²) in [5.41, 5.74) is 5.33. The summed E-state index contributed by atoms with van der Waals surface area (Å²) in [5.74, 6) is 0.824. The molecule has 5 aromatic rings. The predicted molar refractivity (Wildman–Crippen MR) is 126 cm³/mol. The number of nitrogens with zero attached hydrogens (tertiary/aromatic N) is 3. The van der Waals surface area contributed by atoms with Crippen molar-refractivity contribution in [2.75, 3.05) is 11.9 Å². The number of anilines is 1. The number of rotatable bonds is 5. The van der Waals surface area contributed by atoms with Crippen molar-refractivity contribution in [1.29, 1.82) is 5.26 Å². The first-order valence-electron chi connectivity index (χ1n) is 10.1. The first kappa shape index (κ1) is 19.2. The van der Waals surface area contributed by atoms with E-state index in [0.29, 0.717) is 17.3 Å². The van der Waals surface area contributed by atoms with Crippen LogP contribution in [0.3, 0.4) is 0 Å².